The summed E-state index contributed by atoms with van der Waals surface area (Å²) < 4.78 is 11.9. The van der Waals surface area contributed by atoms with Crippen LogP contribution in [0.3, 0.4) is 0 Å². The van der Waals surface area contributed by atoms with Crippen molar-refractivity contribution < 1.29 is 24.5 Å². The molecule has 2 heterocycles. The van der Waals surface area contributed by atoms with Crippen LogP contribution in [0.1, 0.15) is 66.7 Å². The molecule has 4 fully saturated rings. The van der Waals surface area contributed by atoms with Gasteiger partial charge in [-0.15, -0.1) is 0 Å². The molecule has 5 nitrogen and oxygen atoms in total. The van der Waals surface area contributed by atoms with E-state index in [0.29, 0.717) is 29.3 Å². The molecule has 4 rings (SSSR count). The molecule has 0 bridgehead atoms. The highest BCUT2D eigenvalue weighted by molar-refractivity contribution is 5.75. The van der Waals surface area contributed by atoms with Crippen molar-refractivity contribution in [2.45, 2.75) is 90.5 Å². The van der Waals surface area contributed by atoms with Crippen LogP contribution in [0.4, 0.5) is 0 Å². The number of ether oxygens (including phenoxy) is 2. The molecule has 4 aliphatic rings. The maximum Gasteiger partial charge on any atom is 0.315 e. The third-order valence-electron chi connectivity index (χ3n) is 8.62. The van der Waals surface area contributed by atoms with E-state index in [1.807, 2.05) is 0 Å². The zero-order chi connectivity index (χ0) is 20.1. The van der Waals surface area contributed by atoms with Gasteiger partial charge in [0.2, 0.25) is 0 Å². The summed E-state index contributed by atoms with van der Waals surface area (Å²) in [6.07, 6.45) is 6.08. The minimum atomic E-state index is 0.0659. The molecule has 0 amide bonds. The number of nitrogens with two attached hydrogens (primary N) is 1. The molecule has 28 heavy (non-hydrogen) atoms. The topological polar surface area (TPSA) is 59.9 Å². The van der Waals surface area contributed by atoms with Crippen LogP contribution in [0.15, 0.2) is 0 Å². The molecule has 2 saturated heterocycles. The van der Waals surface area contributed by atoms with E-state index < -0.39 is 0 Å². The van der Waals surface area contributed by atoms with Crippen molar-refractivity contribution >= 4 is 5.97 Å². The minimum absolute atomic E-state index is 0.0659. The van der Waals surface area contributed by atoms with Crippen molar-refractivity contribution in [3.8, 4) is 0 Å². The average Bonchev–Trinajstić information content (AvgIpc) is 3.30. The van der Waals surface area contributed by atoms with Gasteiger partial charge in [-0.1, -0.05) is 6.92 Å². The summed E-state index contributed by atoms with van der Waals surface area (Å²) in [6.45, 7) is 15.7. The normalized spacial score (nSPS) is 42.2. The van der Waals surface area contributed by atoms with Crippen LogP contribution < -0.4 is 10.2 Å². The lowest BCUT2D eigenvalue weighted by Crippen LogP contribution is -3.19. The number of nitrogens with one attached hydrogen (secondary N) is 1. The van der Waals surface area contributed by atoms with Gasteiger partial charge in [-0.25, -0.2) is 0 Å². The lowest BCUT2D eigenvalue weighted by Gasteiger charge is -2.51. The average molecular weight is 395 g/mol. The van der Waals surface area contributed by atoms with Gasteiger partial charge in [-0.05, 0) is 71.1 Å². The number of hydrogen-bond acceptors (Lipinski definition) is 3. The monoisotopic (exact) mass is 394 g/mol. The van der Waals surface area contributed by atoms with Gasteiger partial charge in [0.15, 0.2) is 0 Å². The minimum Gasteiger partial charge on any atom is -0.462 e. The molecule has 1 spiro atoms. The van der Waals surface area contributed by atoms with Gasteiger partial charge in [0.25, 0.3) is 0 Å². The van der Waals surface area contributed by atoms with E-state index >= 15 is 0 Å². The number of esters is 1. The Balaban J connectivity index is 1.35. The number of epoxide rings is 1. The molecule has 5 heteroatoms. The van der Waals surface area contributed by atoms with Gasteiger partial charge < -0.3 is 19.7 Å². The van der Waals surface area contributed by atoms with Crippen molar-refractivity contribution in [2.24, 2.45) is 23.2 Å². The van der Waals surface area contributed by atoms with E-state index in [1.165, 1.54) is 19.3 Å². The van der Waals surface area contributed by atoms with Crippen molar-refractivity contribution in [3.05, 3.63) is 0 Å². The highest BCUT2D eigenvalue weighted by Crippen LogP contribution is 2.62. The quantitative estimate of drug-likeness (QED) is 0.381. The Kier molecular flexibility index (Phi) is 5.56. The van der Waals surface area contributed by atoms with Crippen molar-refractivity contribution in [2.75, 3.05) is 26.2 Å². The summed E-state index contributed by atoms with van der Waals surface area (Å²) in [4.78, 5) is 14.3. The second-order valence-electron chi connectivity index (χ2n) is 11.0. The summed E-state index contributed by atoms with van der Waals surface area (Å²) in [5.41, 5.74) is 0.448. The SMILES string of the molecule is CC(C)[NH+](CC[NH2+]C[C@H]1C(=O)O[C@@H]2C[C@@]3(C)CCC[C@]4(CO4)[C@H]3C[C@@H]21)C(C)C. The fourth-order valence-electron chi connectivity index (χ4n) is 7.04. The van der Waals surface area contributed by atoms with E-state index in [0.717, 1.165) is 39.1 Å². The van der Waals surface area contributed by atoms with E-state index in [2.05, 4.69) is 39.9 Å². The number of hydrogen-bond donors (Lipinski definition) is 2. The van der Waals surface area contributed by atoms with E-state index in [-0.39, 0.29) is 23.6 Å². The molecule has 2 saturated carbocycles. The predicted molar refractivity (Wildman–Crippen MR) is 108 cm³/mol. The summed E-state index contributed by atoms with van der Waals surface area (Å²) in [6, 6.07) is 1.29. The molecule has 0 aromatic heterocycles. The summed E-state index contributed by atoms with van der Waals surface area (Å²) >= 11 is 0. The summed E-state index contributed by atoms with van der Waals surface area (Å²) in [5.74, 6) is 1.17. The van der Waals surface area contributed by atoms with Crippen LogP contribution >= 0.6 is 0 Å². The molecule has 3 N–H and O–H groups in total. The molecule has 0 aromatic carbocycles. The number of carbonyl (C=O) groups excluding carboxylic acids is 1. The predicted octanol–water partition coefficient (Wildman–Crippen LogP) is 0.779. The van der Waals surface area contributed by atoms with Crippen molar-refractivity contribution in [1.29, 1.82) is 0 Å². The van der Waals surface area contributed by atoms with E-state index in [4.69, 9.17) is 9.47 Å². The Morgan fingerprint density at radius 3 is 2.57 bits per heavy atom. The first-order chi connectivity index (χ1) is 13.3. The second-order valence-corrected chi connectivity index (χ2v) is 11.0. The lowest BCUT2D eigenvalue weighted by molar-refractivity contribution is -0.952. The third kappa shape index (κ3) is 3.63. The summed E-state index contributed by atoms with van der Waals surface area (Å²) in [7, 11) is 0. The summed E-state index contributed by atoms with van der Waals surface area (Å²) in [5, 5.41) is 2.37. The van der Waals surface area contributed by atoms with E-state index in [9.17, 15) is 4.79 Å². The Bertz CT molecular complexity index is 580. The smallest absolute Gasteiger partial charge is 0.315 e. The number of carbonyl (C=O) groups is 1. The van der Waals surface area contributed by atoms with Gasteiger partial charge in [0.05, 0.1) is 30.8 Å². The van der Waals surface area contributed by atoms with Crippen LogP contribution in [0.5, 0.6) is 0 Å². The zero-order valence-electron chi connectivity index (χ0n) is 18.6. The molecule has 2 aliphatic carbocycles. The number of fused-ring (bicyclic) bond motifs is 3. The number of quaternary nitrogens is 2. The highest BCUT2D eigenvalue weighted by Gasteiger charge is 2.65. The molecule has 160 valence electrons. The molecule has 0 radical (unpaired) electrons. The molecule has 2 aliphatic heterocycles. The largest absolute Gasteiger partial charge is 0.462 e. The van der Waals surface area contributed by atoms with E-state index in [1.54, 1.807) is 4.90 Å². The van der Waals surface area contributed by atoms with Crippen LogP contribution in [-0.2, 0) is 14.3 Å². The molecular weight excluding hydrogens is 352 g/mol. The standard InChI is InChI=1S/C23H40N2O3/c1-15(2)25(16(3)4)10-9-24-13-18-17-11-20-22(5,12-19(17)28-21(18)26)7-6-8-23(20)14-27-23/h15-20,24H,6-14H2,1-5H3/p+2/t17-,18-,19-,20+,22-,23+/m1/s1. The van der Waals surface area contributed by atoms with Crippen LogP contribution in [0.25, 0.3) is 0 Å². The zero-order valence-corrected chi connectivity index (χ0v) is 18.6. The Hall–Kier alpha value is -0.650. The first-order valence-electron chi connectivity index (χ1n) is 11.8. The number of rotatable bonds is 7. The lowest BCUT2D eigenvalue weighted by atomic mass is 9.53. The third-order valence-corrected chi connectivity index (χ3v) is 8.62. The fraction of sp³-hybridized carbons (Fsp3) is 0.957. The van der Waals surface area contributed by atoms with Gasteiger partial charge in [0.1, 0.15) is 25.1 Å². The Morgan fingerprint density at radius 2 is 1.93 bits per heavy atom. The van der Waals surface area contributed by atoms with Crippen LogP contribution in [0, 0.1) is 23.2 Å². The maximum atomic E-state index is 12.7. The molecule has 6 atom stereocenters. The Morgan fingerprint density at radius 1 is 1.21 bits per heavy atom. The molecule has 0 unspecified atom stereocenters. The van der Waals surface area contributed by atoms with Gasteiger partial charge in [-0.2, -0.15) is 0 Å². The first kappa shape index (κ1) is 20.6. The molecular formula is C23H42N2O3+2. The van der Waals surface area contributed by atoms with Crippen molar-refractivity contribution in [3.63, 3.8) is 0 Å². The molecule has 0 aromatic rings. The fourth-order valence-corrected chi connectivity index (χ4v) is 7.04. The van der Waals surface area contributed by atoms with Crippen LogP contribution in [0.2, 0.25) is 0 Å². The van der Waals surface area contributed by atoms with Crippen molar-refractivity contribution in [1.82, 2.24) is 0 Å². The highest BCUT2D eigenvalue weighted by atomic mass is 16.6. The van der Waals surface area contributed by atoms with Gasteiger partial charge in [0, 0.05) is 5.92 Å². The maximum absolute atomic E-state index is 12.7. The van der Waals surface area contributed by atoms with Gasteiger partial charge in [-0.3, -0.25) is 4.79 Å². The second kappa shape index (κ2) is 7.55. The van der Waals surface area contributed by atoms with Crippen LogP contribution in [-0.4, -0.2) is 56.0 Å². The Labute approximate surface area is 170 Å². The van der Waals surface area contributed by atoms with Gasteiger partial charge >= 0.3 is 5.97 Å². The first-order valence-corrected chi connectivity index (χ1v) is 11.8.